The minimum absolute atomic E-state index is 0.0590. The highest BCUT2D eigenvalue weighted by atomic mass is 35.5. The van der Waals surface area contributed by atoms with Crippen LogP contribution in [0.25, 0.3) is 0 Å². The number of amides is 1. The van der Waals surface area contributed by atoms with Crippen LogP contribution in [-0.2, 0) is 15.2 Å². The molecule has 1 amide bonds. The van der Waals surface area contributed by atoms with Crippen molar-refractivity contribution in [2.75, 3.05) is 5.43 Å². The summed E-state index contributed by atoms with van der Waals surface area (Å²) in [6, 6.07) is 6.21. The molecule has 0 saturated heterocycles. The minimum atomic E-state index is -4.90. The Labute approximate surface area is 215 Å². The van der Waals surface area contributed by atoms with Crippen molar-refractivity contribution in [1.82, 2.24) is 5.43 Å². The van der Waals surface area contributed by atoms with Gasteiger partial charge in [0.2, 0.25) is 5.91 Å². The van der Waals surface area contributed by atoms with Crippen molar-refractivity contribution in [3.63, 3.8) is 0 Å². The van der Waals surface area contributed by atoms with Crippen LogP contribution in [0.4, 0.5) is 23.2 Å². The van der Waals surface area contributed by atoms with E-state index in [1.807, 2.05) is 0 Å². The van der Waals surface area contributed by atoms with E-state index >= 15 is 0 Å². The molecule has 182 valence electrons. The van der Waals surface area contributed by atoms with Gasteiger partial charge in [-0.15, -0.1) is 0 Å². The van der Waals surface area contributed by atoms with Gasteiger partial charge in [0.15, 0.2) is 5.13 Å². The first-order chi connectivity index (χ1) is 15.7. The normalized spacial score (nSPS) is 26.0. The van der Waals surface area contributed by atoms with E-state index in [0.717, 1.165) is 12.1 Å². The van der Waals surface area contributed by atoms with E-state index in [0.29, 0.717) is 0 Å². The Morgan fingerprint density at radius 2 is 1.71 bits per heavy atom. The second-order valence-electron chi connectivity index (χ2n) is 7.71. The van der Waals surface area contributed by atoms with Crippen LogP contribution in [0.5, 0.6) is 0 Å². The van der Waals surface area contributed by atoms with E-state index in [4.69, 9.17) is 62.8 Å². The van der Waals surface area contributed by atoms with Gasteiger partial charge in [-0.25, -0.2) is 4.39 Å². The van der Waals surface area contributed by atoms with Gasteiger partial charge in [-0.3, -0.25) is 15.6 Å². The lowest BCUT2D eigenvalue weighted by atomic mass is 9.86. The fourth-order valence-electron chi connectivity index (χ4n) is 3.36. The van der Waals surface area contributed by atoms with Crippen molar-refractivity contribution >= 4 is 75.3 Å². The number of oxime groups is 1. The summed E-state index contributed by atoms with van der Waals surface area (Å²) in [4.78, 5) is 16.9. The Hall–Kier alpha value is -1.65. The summed E-state index contributed by atoms with van der Waals surface area (Å²) < 4.78 is 56.1. The summed E-state index contributed by atoms with van der Waals surface area (Å²) in [5.41, 5.74) is 1.85. The predicted molar refractivity (Wildman–Crippen MR) is 122 cm³/mol. The summed E-state index contributed by atoms with van der Waals surface area (Å²) >= 11 is 29.3. The lowest BCUT2D eigenvalue weighted by molar-refractivity contribution is -0.275. The molecule has 2 aromatic rings. The van der Waals surface area contributed by atoms with Gasteiger partial charge in [-0.05, 0) is 24.3 Å². The number of nitrogens with one attached hydrogen (secondary N) is 2. The predicted octanol–water partition coefficient (Wildman–Crippen LogP) is 7.25. The highest BCUT2D eigenvalue weighted by Crippen LogP contribution is 2.52. The molecule has 5 nitrogen and oxygen atoms in total. The maximum Gasteiger partial charge on any atom is 0.435 e. The van der Waals surface area contributed by atoms with Crippen molar-refractivity contribution in [1.29, 1.82) is 0 Å². The van der Waals surface area contributed by atoms with Gasteiger partial charge < -0.3 is 4.84 Å². The van der Waals surface area contributed by atoms with Crippen LogP contribution in [0.1, 0.15) is 24.0 Å². The standard InChI is InChI=1S/C20H12Cl5F4N3O2/c21-11-2-1-8(3-14(11)30-31-17(33)10-6-19(10,25)26)15-7-18(34-32-15,20(27,28)29)9-4-12(22)16(24)13(23)5-9/h1-5,10,30H,6-7H2,(H,31,33)/t10-,18+,19+/m1/s1. The number of alkyl halides is 5. The Morgan fingerprint density at radius 3 is 2.26 bits per heavy atom. The van der Waals surface area contributed by atoms with Crippen LogP contribution >= 0.6 is 58.0 Å². The molecule has 1 aliphatic heterocycles. The van der Waals surface area contributed by atoms with Gasteiger partial charge in [0, 0.05) is 24.0 Å². The largest absolute Gasteiger partial charge is 0.435 e. The quantitative estimate of drug-likeness (QED) is 0.170. The summed E-state index contributed by atoms with van der Waals surface area (Å²) in [6.45, 7) is 0. The number of nitrogens with zero attached hydrogens (tertiary/aromatic N) is 1. The zero-order valence-corrected chi connectivity index (χ0v) is 20.3. The zero-order chi connectivity index (χ0) is 25.1. The molecule has 1 aliphatic carbocycles. The summed E-state index contributed by atoms with van der Waals surface area (Å²) in [6.07, 6.45) is -5.75. The smallest absolute Gasteiger partial charge is 0.374 e. The SMILES string of the molecule is O=C(NNc1cc(C2=NO[C@@](c3cc(Cl)c(Cl)c(Cl)c3)(C(F)(F)F)C2)ccc1Cl)[C@H]1C[C@@]1(F)Cl. The molecule has 4 rings (SSSR count). The topological polar surface area (TPSA) is 62.7 Å². The molecule has 34 heavy (non-hydrogen) atoms. The average Bonchev–Trinajstić information content (AvgIpc) is 3.17. The van der Waals surface area contributed by atoms with Crippen molar-refractivity contribution in [3.05, 3.63) is 61.5 Å². The van der Waals surface area contributed by atoms with E-state index in [2.05, 4.69) is 16.0 Å². The Kier molecular flexibility index (Phi) is 6.57. The number of anilines is 1. The first kappa shape index (κ1) is 25.4. The molecule has 0 aromatic heterocycles. The third kappa shape index (κ3) is 4.60. The number of halogens is 9. The Bertz CT molecular complexity index is 1180. The van der Waals surface area contributed by atoms with E-state index in [9.17, 15) is 22.4 Å². The van der Waals surface area contributed by atoms with Crippen molar-refractivity contribution in [2.45, 2.75) is 29.7 Å². The molecule has 2 aliphatic rings. The first-order valence-corrected chi connectivity index (χ1v) is 11.3. The maximum atomic E-state index is 14.2. The van der Waals surface area contributed by atoms with Gasteiger partial charge >= 0.3 is 6.18 Å². The van der Waals surface area contributed by atoms with Crippen LogP contribution in [0.3, 0.4) is 0 Å². The summed E-state index contributed by atoms with van der Waals surface area (Å²) in [5.74, 6) is -1.73. The highest BCUT2D eigenvalue weighted by molar-refractivity contribution is 6.48. The molecule has 0 unspecified atom stereocenters. The van der Waals surface area contributed by atoms with Crippen LogP contribution in [0, 0.1) is 5.92 Å². The van der Waals surface area contributed by atoms with Crippen molar-refractivity contribution in [2.24, 2.45) is 11.1 Å². The first-order valence-electron chi connectivity index (χ1n) is 9.45. The van der Waals surface area contributed by atoms with Gasteiger partial charge in [0.25, 0.3) is 5.60 Å². The number of hydrogen-bond acceptors (Lipinski definition) is 4. The number of carbonyl (C=O) groups is 1. The molecular formula is C20H12Cl5F4N3O2. The van der Waals surface area contributed by atoms with Gasteiger partial charge in [-0.1, -0.05) is 69.2 Å². The van der Waals surface area contributed by atoms with Gasteiger partial charge in [0.1, 0.15) is 0 Å². The van der Waals surface area contributed by atoms with Gasteiger partial charge in [0.05, 0.1) is 37.4 Å². The van der Waals surface area contributed by atoms with E-state index in [1.54, 1.807) is 0 Å². The van der Waals surface area contributed by atoms with Crippen LogP contribution < -0.4 is 10.9 Å². The van der Waals surface area contributed by atoms with E-state index in [-0.39, 0.29) is 49.0 Å². The molecule has 2 aromatic carbocycles. The third-order valence-electron chi connectivity index (χ3n) is 5.40. The van der Waals surface area contributed by atoms with Crippen molar-refractivity contribution in [3.8, 4) is 0 Å². The number of hydrogen-bond donors (Lipinski definition) is 2. The second-order valence-corrected chi connectivity index (χ2v) is 9.94. The van der Waals surface area contributed by atoms with Gasteiger partial charge in [-0.2, -0.15) is 13.2 Å². The molecular weight excluding hydrogens is 567 g/mol. The molecule has 0 bridgehead atoms. The Morgan fingerprint density at radius 1 is 1.09 bits per heavy atom. The third-order valence-corrected chi connectivity index (χ3v) is 7.34. The van der Waals surface area contributed by atoms with Crippen LogP contribution in [0.2, 0.25) is 20.1 Å². The van der Waals surface area contributed by atoms with E-state index < -0.39 is 35.2 Å². The van der Waals surface area contributed by atoms with Crippen LogP contribution in [-0.4, -0.2) is 22.9 Å². The zero-order valence-electron chi connectivity index (χ0n) is 16.5. The number of carbonyl (C=O) groups excluding carboxylic acids is 1. The molecule has 3 atom stereocenters. The monoisotopic (exact) mass is 577 g/mol. The molecule has 0 spiro atoms. The lowest BCUT2D eigenvalue weighted by Gasteiger charge is -2.30. The number of rotatable bonds is 5. The minimum Gasteiger partial charge on any atom is -0.374 e. The molecule has 14 heteroatoms. The fraction of sp³-hybridized carbons (Fsp3) is 0.300. The molecule has 2 N–H and O–H groups in total. The summed E-state index contributed by atoms with van der Waals surface area (Å²) in [5, 5.41) is 1.25. The summed E-state index contributed by atoms with van der Waals surface area (Å²) in [7, 11) is 0. The molecule has 1 fully saturated rings. The average molecular weight is 580 g/mol. The molecule has 1 saturated carbocycles. The maximum absolute atomic E-state index is 14.2. The highest BCUT2D eigenvalue weighted by Gasteiger charge is 2.62. The second kappa shape index (κ2) is 8.78. The van der Waals surface area contributed by atoms with E-state index in [1.165, 1.54) is 18.2 Å². The van der Waals surface area contributed by atoms with Crippen LogP contribution in [0.15, 0.2) is 35.5 Å². The number of hydrazine groups is 1. The molecule has 1 heterocycles. The van der Waals surface area contributed by atoms with Crippen molar-refractivity contribution < 1.29 is 27.2 Å². The lowest BCUT2D eigenvalue weighted by Crippen LogP contribution is -2.42. The Balaban J connectivity index is 1.59. The molecule has 0 radical (unpaired) electrons. The fourth-order valence-corrected chi connectivity index (χ4v) is 4.38. The number of benzene rings is 2.